The predicted octanol–water partition coefficient (Wildman–Crippen LogP) is 5.45. The average Bonchev–Trinajstić information content (AvgIpc) is 2.37. The molecule has 0 fully saturated rings. The van der Waals surface area contributed by atoms with Crippen LogP contribution in [0.3, 0.4) is 0 Å². The maximum Gasteiger partial charge on any atom is 0.0329 e. The number of benzene rings is 1. The van der Waals surface area contributed by atoms with E-state index in [-0.39, 0.29) is 0 Å². The highest BCUT2D eigenvalue weighted by Gasteiger charge is 2.12. The average molecular weight is 422 g/mol. The Morgan fingerprint density at radius 3 is 2.83 bits per heavy atom. The Morgan fingerprint density at radius 1 is 1.39 bits per heavy atom. The van der Waals surface area contributed by atoms with Crippen LogP contribution in [0.1, 0.15) is 43.7 Å². The maximum absolute atomic E-state index is 3.76. The van der Waals surface area contributed by atoms with Crippen LogP contribution in [-0.2, 0) is 0 Å². The number of allylic oxidation sites excluding steroid dienone is 1. The first-order chi connectivity index (χ1) is 8.69. The molecule has 1 rings (SSSR count). The normalized spacial score (nSPS) is 12.4. The molecule has 0 amide bonds. The molecule has 0 spiro atoms. The van der Waals surface area contributed by atoms with Crippen molar-refractivity contribution in [2.75, 3.05) is 7.05 Å². The van der Waals surface area contributed by atoms with Gasteiger partial charge < -0.3 is 5.32 Å². The molecule has 1 nitrogen and oxygen atoms in total. The van der Waals surface area contributed by atoms with Gasteiger partial charge in [0.1, 0.15) is 0 Å². The van der Waals surface area contributed by atoms with Gasteiger partial charge in [-0.25, -0.2) is 0 Å². The summed E-state index contributed by atoms with van der Waals surface area (Å²) >= 11 is 6.02. The van der Waals surface area contributed by atoms with Gasteiger partial charge in [-0.1, -0.05) is 34.8 Å². The van der Waals surface area contributed by atoms with Crippen LogP contribution >= 0.6 is 38.5 Å². The van der Waals surface area contributed by atoms with Crippen molar-refractivity contribution in [3.63, 3.8) is 0 Å². The number of halogens is 2. The molecule has 0 aromatic heterocycles. The van der Waals surface area contributed by atoms with Crippen molar-refractivity contribution < 1.29 is 0 Å². The van der Waals surface area contributed by atoms with Gasteiger partial charge in [0.2, 0.25) is 0 Å². The highest BCUT2D eigenvalue weighted by molar-refractivity contribution is 14.1. The smallest absolute Gasteiger partial charge is 0.0329 e. The van der Waals surface area contributed by atoms with E-state index >= 15 is 0 Å². The van der Waals surface area contributed by atoms with Gasteiger partial charge in [-0.05, 0) is 72.7 Å². The molecule has 1 N–H and O–H groups in total. The quantitative estimate of drug-likeness (QED) is 0.334. The van der Waals surface area contributed by atoms with Crippen LogP contribution in [0, 0.1) is 3.57 Å². The number of unbranched alkanes of at least 4 members (excludes halogenated alkanes) is 3. The summed E-state index contributed by atoms with van der Waals surface area (Å²) in [6, 6.07) is 6.97. The van der Waals surface area contributed by atoms with Gasteiger partial charge in [0.05, 0.1) is 0 Å². The molecular formula is C15H21BrIN. The molecule has 0 bridgehead atoms. The first kappa shape index (κ1) is 16.2. The van der Waals surface area contributed by atoms with E-state index in [2.05, 4.69) is 68.6 Å². The van der Waals surface area contributed by atoms with Crippen molar-refractivity contribution >= 4 is 38.5 Å². The van der Waals surface area contributed by atoms with Crippen LogP contribution in [0.4, 0.5) is 0 Å². The standard InChI is InChI=1S/C15H21BrIN/c1-3-4-5-6-7-8-15(18-2)13-11-12(17)9-10-14(13)16/h3,9-11,15,18H,1,4-8H2,2H3. The Labute approximate surface area is 133 Å². The van der Waals surface area contributed by atoms with Gasteiger partial charge in [-0.2, -0.15) is 0 Å². The van der Waals surface area contributed by atoms with E-state index in [4.69, 9.17) is 0 Å². The fourth-order valence-corrected chi connectivity index (χ4v) is 3.09. The predicted molar refractivity (Wildman–Crippen MR) is 91.9 cm³/mol. The fourth-order valence-electron chi connectivity index (χ4n) is 2.05. The van der Waals surface area contributed by atoms with E-state index in [1.165, 1.54) is 39.3 Å². The summed E-state index contributed by atoms with van der Waals surface area (Å²) in [6.45, 7) is 3.76. The third-order valence-electron chi connectivity index (χ3n) is 3.08. The summed E-state index contributed by atoms with van der Waals surface area (Å²) in [5.41, 5.74) is 1.37. The minimum Gasteiger partial charge on any atom is -0.313 e. The molecule has 0 saturated carbocycles. The summed E-state index contributed by atoms with van der Waals surface area (Å²) in [5.74, 6) is 0. The zero-order valence-corrected chi connectivity index (χ0v) is 14.6. The van der Waals surface area contributed by atoms with Gasteiger partial charge in [-0.3, -0.25) is 0 Å². The van der Waals surface area contributed by atoms with E-state index in [0.29, 0.717) is 6.04 Å². The number of hydrogen-bond acceptors (Lipinski definition) is 1. The summed E-state index contributed by atoms with van der Waals surface area (Å²) in [4.78, 5) is 0. The van der Waals surface area contributed by atoms with Crippen LogP contribution in [0.15, 0.2) is 35.3 Å². The molecule has 0 heterocycles. The van der Waals surface area contributed by atoms with E-state index in [1.807, 2.05) is 13.1 Å². The van der Waals surface area contributed by atoms with E-state index in [1.54, 1.807) is 0 Å². The highest BCUT2D eigenvalue weighted by atomic mass is 127. The molecule has 1 aromatic carbocycles. The number of hydrogen-bond donors (Lipinski definition) is 1. The van der Waals surface area contributed by atoms with Crippen LogP contribution < -0.4 is 5.32 Å². The Hall–Kier alpha value is 0.130. The first-order valence-corrected chi connectivity index (χ1v) is 8.29. The summed E-state index contributed by atoms with van der Waals surface area (Å²) < 4.78 is 2.49. The second-order valence-electron chi connectivity index (χ2n) is 4.43. The van der Waals surface area contributed by atoms with Gasteiger partial charge >= 0.3 is 0 Å². The monoisotopic (exact) mass is 421 g/mol. The number of rotatable bonds is 8. The molecular weight excluding hydrogens is 401 g/mol. The van der Waals surface area contributed by atoms with Crippen molar-refractivity contribution in [1.82, 2.24) is 5.32 Å². The summed E-state index contributed by atoms with van der Waals surface area (Å²) in [5, 5.41) is 3.42. The van der Waals surface area contributed by atoms with Crippen molar-refractivity contribution in [3.8, 4) is 0 Å². The van der Waals surface area contributed by atoms with Gasteiger partial charge in [0.15, 0.2) is 0 Å². The molecule has 0 aliphatic carbocycles. The van der Waals surface area contributed by atoms with E-state index in [9.17, 15) is 0 Å². The Bertz CT molecular complexity index is 379. The molecule has 1 unspecified atom stereocenters. The van der Waals surface area contributed by atoms with Crippen molar-refractivity contribution in [2.45, 2.75) is 38.1 Å². The zero-order chi connectivity index (χ0) is 13.4. The Morgan fingerprint density at radius 2 is 2.17 bits per heavy atom. The lowest BCUT2D eigenvalue weighted by atomic mass is 10.0. The first-order valence-electron chi connectivity index (χ1n) is 6.42. The molecule has 1 atom stereocenters. The molecule has 0 radical (unpaired) electrons. The lowest BCUT2D eigenvalue weighted by molar-refractivity contribution is 0.506. The summed E-state index contributed by atoms with van der Waals surface area (Å²) in [6.07, 6.45) is 8.13. The maximum atomic E-state index is 3.76. The third-order valence-corrected chi connectivity index (χ3v) is 4.48. The van der Waals surface area contributed by atoms with E-state index in [0.717, 1.165) is 6.42 Å². The Balaban J connectivity index is 2.54. The second kappa shape index (κ2) is 9.10. The van der Waals surface area contributed by atoms with Crippen LogP contribution in [-0.4, -0.2) is 7.05 Å². The van der Waals surface area contributed by atoms with Gasteiger partial charge in [0.25, 0.3) is 0 Å². The highest BCUT2D eigenvalue weighted by Crippen LogP contribution is 2.28. The van der Waals surface area contributed by atoms with Gasteiger partial charge in [0, 0.05) is 14.1 Å². The largest absolute Gasteiger partial charge is 0.313 e. The molecule has 1 aromatic rings. The van der Waals surface area contributed by atoms with E-state index < -0.39 is 0 Å². The summed E-state index contributed by atoms with van der Waals surface area (Å²) in [7, 11) is 2.04. The molecule has 100 valence electrons. The van der Waals surface area contributed by atoms with Crippen LogP contribution in [0.25, 0.3) is 0 Å². The van der Waals surface area contributed by atoms with Crippen molar-refractivity contribution in [2.24, 2.45) is 0 Å². The molecule has 0 aliphatic heterocycles. The van der Waals surface area contributed by atoms with Crippen LogP contribution in [0.2, 0.25) is 0 Å². The zero-order valence-electron chi connectivity index (χ0n) is 10.9. The fraction of sp³-hybridized carbons (Fsp3) is 0.467. The van der Waals surface area contributed by atoms with Crippen molar-refractivity contribution in [3.05, 3.63) is 44.5 Å². The van der Waals surface area contributed by atoms with Crippen LogP contribution in [0.5, 0.6) is 0 Å². The minimum atomic E-state index is 0.442. The topological polar surface area (TPSA) is 12.0 Å². The lowest BCUT2D eigenvalue weighted by Gasteiger charge is -2.18. The molecule has 18 heavy (non-hydrogen) atoms. The second-order valence-corrected chi connectivity index (χ2v) is 6.53. The molecule has 0 aliphatic rings. The Kier molecular flexibility index (Phi) is 8.18. The third kappa shape index (κ3) is 5.41. The number of nitrogens with one attached hydrogen (secondary N) is 1. The molecule has 3 heteroatoms. The van der Waals surface area contributed by atoms with Gasteiger partial charge in [-0.15, -0.1) is 6.58 Å². The molecule has 0 saturated heterocycles. The SMILES string of the molecule is C=CCCCCCC(NC)c1cc(I)ccc1Br. The van der Waals surface area contributed by atoms with Crippen molar-refractivity contribution in [1.29, 1.82) is 0 Å². The minimum absolute atomic E-state index is 0.442. The lowest BCUT2D eigenvalue weighted by Crippen LogP contribution is -2.17.